The molecule has 0 spiro atoms. The van der Waals surface area contributed by atoms with Crippen molar-refractivity contribution in [3.63, 3.8) is 0 Å². The number of rotatable bonds is 5. The van der Waals surface area contributed by atoms with Gasteiger partial charge >= 0.3 is 5.97 Å². The molecule has 0 bridgehead atoms. The van der Waals surface area contributed by atoms with E-state index in [1.54, 1.807) is 18.3 Å². The summed E-state index contributed by atoms with van der Waals surface area (Å²) in [5, 5.41) is 1.02. The van der Waals surface area contributed by atoms with Gasteiger partial charge in [0, 0.05) is 42.0 Å². The minimum Gasteiger partial charge on any atom is -0.465 e. The van der Waals surface area contributed by atoms with Crippen molar-refractivity contribution in [2.75, 3.05) is 33.4 Å². The highest BCUT2D eigenvalue weighted by atomic mass is 16.5. The van der Waals surface area contributed by atoms with Gasteiger partial charge in [0.15, 0.2) is 0 Å². The minimum absolute atomic E-state index is 0.0779. The lowest BCUT2D eigenvalue weighted by molar-refractivity contribution is -0.135. The first-order chi connectivity index (χ1) is 15.1. The molecule has 1 aliphatic rings. The number of amides is 1. The number of aliphatic imine (C=N–C) groups is 1. The van der Waals surface area contributed by atoms with Crippen molar-refractivity contribution in [2.45, 2.75) is 13.5 Å². The highest BCUT2D eigenvalue weighted by Gasteiger charge is 2.18. The number of para-hydroxylation sites is 1. The fourth-order valence-corrected chi connectivity index (χ4v) is 3.80. The Kier molecular flexibility index (Phi) is 6.13. The first kappa shape index (κ1) is 20.8. The van der Waals surface area contributed by atoms with Crippen LogP contribution in [0.15, 0.2) is 53.7 Å². The van der Waals surface area contributed by atoms with E-state index in [9.17, 15) is 9.59 Å². The standard InChI is InChI=1S/C24H25N3O4/c1-17-19(24(29)30-2)7-5-8-21(17)25-14-18-15-27(22-9-4-3-6-20(18)22)16-23(28)26-10-12-31-13-11-26/h3-9,14-15H,10-13,16H2,1-2H3. The Morgan fingerprint density at radius 1 is 1.13 bits per heavy atom. The van der Waals surface area contributed by atoms with Crippen LogP contribution in [0.5, 0.6) is 0 Å². The van der Waals surface area contributed by atoms with Crippen LogP contribution in [0.2, 0.25) is 0 Å². The molecule has 0 aliphatic carbocycles. The van der Waals surface area contributed by atoms with Crippen LogP contribution in [0.1, 0.15) is 21.5 Å². The predicted octanol–water partition coefficient (Wildman–Crippen LogP) is 3.35. The van der Waals surface area contributed by atoms with Crippen LogP contribution in [0.25, 0.3) is 10.9 Å². The topological polar surface area (TPSA) is 73.1 Å². The van der Waals surface area contributed by atoms with Gasteiger partial charge < -0.3 is 18.9 Å². The summed E-state index contributed by atoms with van der Waals surface area (Å²) in [6, 6.07) is 13.3. The molecule has 1 aliphatic heterocycles. The number of hydrogen-bond acceptors (Lipinski definition) is 5. The van der Waals surface area contributed by atoms with E-state index in [0.29, 0.717) is 37.6 Å². The second-order valence-corrected chi connectivity index (χ2v) is 7.42. The lowest BCUT2D eigenvalue weighted by atomic mass is 10.1. The molecule has 31 heavy (non-hydrogen) atoms. The van der Waals surface area contributed by atoms with Crippen molar-refractivity contribution in [2.24, 2.45) is 4.99 Å². The van der Waals surface area contributed by atoms with Gasteiger partial charge in [0.1, 0.15) is 6.54 Å². The zero-order chi connectivity index (χ0) is 21.8. The molecule has 0 atom stereocenters. The molecule has 1 fully saturated rings. The zero-order valence-electron chi connectivity index (χ0n) is 17.7. The van der Waals surface area contributed by atoms with Gasteiger partial charge in [-0.15, -0.1) is 0 Å². The minimum atomic E-state index is -0.382. The second-order valence-electron chi connectivity index (χ2n) is 7.42. The maximum absolute atomic E-state index is 12.7. The number of methoxy groups -OCH3 is 1. The Morgan fingerprint density at radius 3 is 2.68 bits per heavy atom. The Balaban J connectivity index is 1.63. The van der Waals surface area contributed by atoms with Gasteiger partial charge in [0.25, 0.3) is 0 Å². The molecule has 2 aromatic carbocycles. The number of benzene rings is 2. The summed E-state index contributed by atoms with van der Waals surface area (Å²) in [6.07, 6.45) is 3.73. The molecular formula is C24H25N3O4. The largest absolute Gasteiger partial charge is 0.465 e. The van der Waals surface area contributed by atoms with Gasteiger partial charge in [0.05, 0.1) is 31.6 Å². The first-order valence-electron chi connectivity index (χ1n) is 10.2. The van der Waals surface area contributed by atoms with Gasteiger partial charge in [-0.2, -0.15) is 0 Å². The lowest BCUT2D eigenvalue weighted by Gasteiger charge is -2.27. The van der Waals surface area contributed by atoms with E-state index in [1.165, 1.54) is 7.11 Å². The fourth-order valence-electron chi connectivity index (χ4n) is 3.80. The molecular weight excluding hydrogens is 394 g/mol. The molecule has 0 radical (unpaired) electrons. The van der Waals surface area contributed by atoms with E-state index in [1.807, 2.05) is 52.9 Å². The van der Waals surface area contributed by atoms with Crippen molar-refractivity contribution in [3.05, 3.63) is 65.4 Å². The zero-order valence-corrected chi connectivity index (χ0v) is 17.7. The van der Waals surface area contributed by atoms with Crippen molar-refractivity contribution >= 4 is 34.7 Å². The average Bonchev–Trinajstić information content (AvgIpc) is 3.16. The summed E-state index contributed by atoms with van der Waals surface area (Å²) >= 11 is 0. The van der Waals surface area contributed by atoms with E-state index in [-0.39, 0.29) is 18.4 Å². The highest BCUT2D eigenvalue weighted by molar-refractivity contribution is 6.01. The predicted molar refractivity (Wildman–Crippen MR) is 119 cm³/mol. The third-order valence-corrected chi connectivity index (χ3v) is 5.54. The maximum atomic E-state index is 12.7. The molecule has 1 saturated heterocycles. The average molecular weight is 419 g/mol. The van der Waals surface area contributed by atoms with Crippen LogP contribution < -0.4 is 0 Å². The molecule has 7 heteroatoms. The number of nitrogens with zero attached hydrogens (tertiary/aromatic N) is 3. The van der Waals surface area contributed by atoms with Crippen LogP contribution in [-0.2, 0) is 20.8 Å². The van der Waals surface area contributed by atoms with Gasteiger partial charge in [-0.25, -0.2) is 4.79 Å². The number of ether oxygens (including phenoxy) is 2. The molecule has 4 rings (SSSR count). The number of carbonyl (C=O) groups excluding carboxylic acids is 2. The fraction of sp³-hybridized carbons (Fsp3) is 0.292. The normalized spacial score (nSPS) is 14.3. The summed E-state index contributed by atoms with van der Waals surface area (Å²) < 4.78 is 12.2. The summed E-state index contributed by atoms with van der Waals surface area (Å²) in [4.78, 5) is 31.2. The summed E-state index contributed by atoms with van der Waals surface area (Å²) in [7, 11) is 1.37. The number of esters is 1. The molecule has 2 heterocycles. The van der Waals surface area contributed by atoms with Crippen molar-refractivity contribution in [1.29, 1.82) is 0 Å². The van der Waals surface area contributed by atoms with E-state index in [2.05, 4.69) is 4.99 Å². The Labute approximate surface area is 180 Å². The summed E-state index contributed by atoms with van der Waals surface area (Å²) in [5.74, 6) is -0.304. The Bertz CT molecular complexity index is 1140. The van der Waals surface area contributed by atoms with Crippen LogP contribution in [0, 0.1) is 6.92 Å². The van der Waals surface area contributed by atoms with E-state index < -0.39 is 0 Å². The van der Waals surface area contributed by atoms with E-state index in [0.717, 1.165) is 22.0 Å². The van der Waals surface area contributed by atoms with Crippen LogP contribution >= 0.6 is 0 Å². The maximum Gasteiger partial charge on any atom is 0.338 e. The molecule has 0 N–H and O–H groups in total. The Morgan fingerprint density at radius 2 is 1.90 bits per heavy atom. The third kappa shape index (κ3) is 4.36. The first-order valence-corrected chi connectivity index (χ1v) is 10.2. The third-order valence-electron chi connectivity index (χ3n) is 5.54. The van der Waals surface area contributed by atoms with Gasteiger partial charge in [0.2, 0.25) is 5.91 Å². The van der Waals surface area contributed by atoms with Crippen LogP contribution in [0.4, 0.5) is 5.69 Å². The van der Waals surface area contributed by atoms with Gasteiger partial charge in [-0.3, -0.25) is 9.79 Å². The van der Waals surface area contributed by atoms with Crippen molar-refractivity contribution in [1.82, 2.24) is 9.47 Å². The van der Waals surface area contributed by atoms with E-state index in [4.69, 9.17) is 9.47 Å². The van der Waals surface area contributed by atoms with Crippen LogP contribution in [-0.4, -0.2) is 61.0 Å². The van der Waals surface area contributed by atoms with E-state index >= 15 is 0 Å². The Hall–Kier alpha value is -3.45. The molecule has 3 aromatic rings. The second kappa shape index (κ2) is 9.14. The molecule has 7 nitrogen and oxygen atoms in total. The smallest absolute Gasteiger partial charge is 0.338 e. The number of aromatic nitrogens is 1. The highest BCUT2D eigenvalue weighted by Crippen LogP contribution is 2.25. The van der Waals surface area contributed by atoms with Gasteiger partial charge in [-0.05, 0) is 30.7 Å². The molecule has 160 valence electrons. The molecule has 1 amide bonds. The van der Waals surface area contributed by atoms with Crippen molar-refractivity contribution in [3.8, 4) is 0 Å². The monoisotopic (exact) mass is 419 g/mol. The molecule has 0 saturated carbocycles. The van der Waals surface area contributed by atoms with Crippen LogP contribution in [0.3, 0.4) is 0 Å². The van der Waals surface area contributed by atoms with Gasteiger partial charge in [-0.1, -0.05) is 24.3 Å². The number of carbonyl (C=O) groups is 2. The number of morpholine rings is 1. The van der Waals surface area contributed by atoms with Crippen molar-refractivity contribution < 1.29 is 19.1 Å². The molecule has 0 unspecified atom stereocenters. The number of hydrogen-bond donors (Lipinski definition) is 0. The SMILES string of the molecule is COC(=O)c1cccc(N=Cc2cn(CC(=O)N3CCOCC3)c3ccccc23)c1C. The lowest BCUT2D eigenvalue weighted by Crippen LogP contribution is -2.42. The summed E-state index contributed by atoms with van der Waals surface area (Å²) in [5.41, 5.74) is 3.84. The molecule has 1 aromatic heterocycles. The number of fused-ring (bicyclic) bond motifs is 1. The summed E-state index contributed by atoms with van der Waals surface area (Å²) in [6.45, 7) is 4.54. The quantitative estimate of drug-likeness (QED) is 0.470.